The Hall–Kier alpha value is -1.36. The number of allylic oxidation sites excluding steroid dienone is 1. The van der Waals surface area contributed by atoms with Crippen molar-refractivity contribution >= 4 is 12.4 Å². The van der Waals surface area contributed by atoms with Gasteiger partial charge in [0.1, 0.15) is 0 Å². The Kier molecular flexibility index (Phi) is 3.24. The molecule has 0 aromatic carbocycles. The van der Waals surface area contributed by atoms with Gasteiger partial charge in [0.15, 0.2) is 0 Å². The number of carbonyl (C=O) groups is 1. The summed E-state index contributed by atoms with van der Waals surface area (Å²) in [4.78, 5) is 19.4. The third kappa shape index (κ3) is 1.95. The second-order valence-corrected chi connectivity index (χ2v) is 4.04. The van der Waals surface area contributed by atoms with Crippen LogP contribution in [-0.2, 0) is 4.74 Å². The molecular formula is C11H17N3O2. The van der Waals surface area contributed by atoms with Gasteiger partial charge in [0.05, 0.1) is 25.1 Å². The molecule has 2 bridgehead atoms. The number of aliphatic imine (C=N–C) groups is 1. The summed E-state index contributed by atoms with van der Waals surface area (Å²) >= 11 is 0. The van der Waals surface area contributed by atoms with E-state index in [-0.39, 0.29) is 18.2 Å². The molecule has 0 N–H and O–H groups in total. The van der Waals surface area contributed by atoms with Crippen LogP contribution in [0, 0.1) is 0 Å². The monoisotopic (exact) mass is 223 g/mol. The minimum atomic E-state index is -0.0144. The largest absolute Gasteiger partial charge is 0.374 e. The Morgan fingerprint density at radius 3 is 2.94 bits per heavy atom. The molecule has 2 fully saturated rings. The summed E-state index contributed by atoms with van der Waals surface area (Å²) in [6.45, 7) is 3.25. The molecule has 0 aliphatic carbocycles. The number of hydrogen-bond donors (Lipinski definition) is 0. The van der Waals surface area contributed by atoms with Crippen molar-refractivity contribution in [2.24, 2.45) is 4.99 Å². The molecule has 0 aromatic rings. The van der Waals surface area contributed by atoms with Gasteiger partial charge in [-0.25, -0.2) is 4.79 Å². The van der Waals surface area contributed by atoms with Crippen LogP contribution in [-0.4, -0.2) is 54.5 Å². The van der Waals surface area contributed by atoms with E-state index in [0.29, 0.717) is 13.2 Å². The van der Waals surface area contributed by atoms with Gasteiger partial charge in [-0.1, -0.05) is 6.08 Å². The van der Waals surface area contributed by atoms with Crippen LogP contribution in [0.15, 0.2) is 17.3 Å². The third-order valence-electron chi connectivity index (χ3n) is 2.92. The Morgan fingerprint density at radius 1 is 1.62 bits per heavy atom. The molecule has 0 unspecified atom stereocenters. The first-order chi connectivity index (χ1) is 7.76. The van der Waals surface area contributed by atoms with E-state index in [1.165, 1.54) is 11.2 Å². The molecule has 2 aliphatic heterocycles. The van der Waals surface area contributed by atoms with Gasteiger partial charge < -0.3 is 9.64 Å². The number of rotatable bonds is 2. The molecule has 16 heavy (non-hydrogen) atoms. The first-order valence-corrected chi connectivity index (χ1v) is 5.52. The molecule has 2 aliphatic rings. The van der Waals surface area contributed by atoms with Gasteiger partial charge in [-0.15, -0.1) is 0 Å². The van der Waals surface area contributed by atoms with E-state index in [2.05, 4.69) is 4.99 Å². The van der Waals surface area contributed by atoms with E-state index >= 15 is 0 Å². The second-order valence-electron chi connectivity index (χ2n) is 4.04. The first-order valence-electron chi connectivity index (χ1n) is 5.52. The van der Waals surface area contributed by atoms with E-state index in [4.69, 9.17) is 4.74 Å². The summed E-state index contributed by atoms with van der Waals surface area (Å²) < 4.78 is 5.47. The molecule has 5 nitrogen and oxygen atoms in total. The summed E-state index contributed by atoms with van der Waals surface area (Å²) in [5.74, 6) is 0. The number of urea groups is 1. The normalized spacial score (nSPS) is 28.5. The van der Waals surface area contributed by atoms with Crippen molar-refractivity contribution in [3.8, 4) is 0 Å². The minimum Gasteiger partial charge on any atom is -0.374 e. The predicted octanol–water partition coefficient (Wildman–Crippen LogP) is 1.07. The van der Waals surface area contributed by atoms with E-state index in [9.17, 15) is 4.79 Å². The Morgan fingerprint density at radius 2 is 2.44 bits per heavy atom. The topological polar surface area (TPSA) is 45.1 Å². The lowest BCUT2D eigenvalue weighted by atomic mass is 10.2. The van der Waals surface area contributed by atoms with Gasteiger partial charge in [-0.3, -0.25) is 9.89 Å². The summed E-state index contributed by atoms with van der Waals surface area (Å²) in [5, 5.41) is 0. The van der Waals surface area contributed by atoms with Crippen LogP contribution in [0.25, 0.3) is 0 Å². The van der Waals surface area contributed by atoms with Crippen molar-refractivity contribution < 1.29 is 9.53 Å². The quantitative estimate of drug-likeness (QED) is 0.519. The van der Waals surface area contributed by atoms with Crippen LogP contribution in [0.2, 0.25) is 0 Å². The minimum absolute atomic E-state index is 0.0144. The van der Waals surface area contributed by atoms with Gasteiger partial charge in [0, 0.05) is 19.8 Å². The molecule has 2 rings (SSSR count). The highest BCUT2D eigenvalue weighted by atomic mass is 16.5. The van der Waals surface area contributed by atoms with Crippen molar-refractivity contribution in [3.05, 3.63) is 12.3 Å². The van der Waals surface area contributed by atoms with Gasteiger partial charge >= 0.3 is 6.03 Å². The van der Waals surface area contributed by atoms with Crippen LogP contribution in [0.3, 0.4) is 0 Å². The van der Waals surface area contributed by atoms with E-state index in [1.807, 2.05) is 17.9 Å². The van der Waals surface area contributed by atoms with Crippen LogP contribution >= 0.6 is 0 Å². The van der Waals surface area contributed by atoms with Gasteiger partial charge in [0.25, 0.3) is 0 Å². The summed E-state index contributed by atoms with van der Waals surface area (Å²) in [5.41, 5.74) is 0. The second kappa shape index (κ2) is 4.65. The zero-order valence-electron chi connectivity index (χ0n) is 9.67. The summed E-state index contributed by atoms with van der Waals surface area (Å²) in [6.07, 6.45) is 6.29. The SMILES string of the molecule is C/C=C\N(/C=N\C)C(=O)N1C[C@@H]2C[C@H]1CO2. The maximum Gasteiger partial charge on any atom is 0.329 e. The molecular weight excluding hydrogens is 206 g/mol. The lowest BCUT2D eigenvalue weighted by Crippen LogP contribution is -2.46. The highest BCUT2D eigenvalue weighted by molar-refractivity contribution is 5.88. The number of nitrogens with zero attached hydrogens (tertiary/aromatic N) is 3. The molecule has 5 heteroatoms. The number of likely N-dealkylation sites (tertiary alicyclic amines) is 1. The number of carbonyl (C=O) groups excluding carboxylic acids is 1. The standard InChI is InChI=1S/C11H17N3O2/c1-3-4-13(8-12-2)11(15)14-6-10-5-9(14)7-16-10/h3-4,8-10H,5-7H2,1-2H3/b4-3-,12-8-/t9-,10-/m0/s1. The fourth-order valence-electron chi connectivity index (χ4n) is 2.22. The molecule has 2 atom stereocenters. The average Bonchev–Trinajstić information content (AvgIpc) is 2.89. The van der Waals surface area contributed by atoms with E-state index < -0.39 is 0 Å². The van der Waals surface area contributed by atoms with Gasteiger partial charge in [-0.2, -0.15) is 0 Å². The van der Waals surface area contributed by atoms with Crippen LogP contribution in [0.1, 0.15) is 13.3 Å². The number of fused-ring (bicyclic) bond motifs is 2. The molecule has 2 heterocycles. The third-order valence-corrected chi connectivity index (χ3v) is 2.92. The van der Waals surface area contributed by atoms with Crippen molar-refractivity contribution in [1.29, 1.82) is 0 Å². The summed E-state index contributed by atoms with van der Waals surface area (Å²) in [7, 11) is 1.66. The molecule has 0 radical (unpaired) electrons. The molecule has 0 aromatic heterocycles. The smallest absolute Gasteiger partial charge is 0.329 e. The molecule has 2 saturated heterocycles. The van der Waals surface area contributed by atoms with Crippen LogP contribution in [0.4, 0.5) is 4.79 Å². The van der Waals surface area contributed by atoms with Crippen LogP contribution < -0.4 is 0 Å². The molecule has 0 spiro atoms. The van der Waals surface area contributed by atoms with Crippen LogP contribution in [0.5, 0.6) is 0 Å². The van der Waals surface area contributed by atoms with Gasteiger partial charge in [-0.05, 0) is 13.3 Å². The maximum absolute atomic E-state index is 12.2. The lowest BCUT2D eigenvalue weighted by Gasteiger charge is -2.29. The predicted molar refractivity (Wildman–Crippen MR) is 61.3 cm³/mol. The zero-order valence-corrected chi connectivity index (χ0v) is 9.67. The highest BCUT2D eigenvalue weighted by Crippen LogP contribution is 2.28. The van der Waals surface area contributed by atoms with Crippen molar-refractivity contribution in [1.82, 2.24) is 9.80 Å². The van der Waals surface area contributed by atoms with Gasteiger partial charge in [0.2, 0.25) is 0 Å². The molecule has 88 valence electrons. The first kappa shape index (κ1) is 11.1. The van der Waals surface area contributed by atoms with Crippen molar-refractivity contribution in [2.75, 3.05) is 20.2 Å². The van der Waals surface area contributed by atoms with Crippen molar-refractivity contribution in [3.63, 3.8) is 0 Å². The van der Waals surface area contributed by atoms with Crippen molar-refractivity contribution in [2.45, 2.75) is 25.5 Å². The molecule has 0 saturated carbocycles. The number of amides is 2. The Labute approximate surface area is 95.4 Å². The fourth-order valence-corrected chi connectivity index (χ4v) is 2.22. The number of hydrogen-bond acceptors (Lipinski definition) is 3. The van der Waals surface area contributed by atoms with E-state index in [1.54, 1.807) is 13.2 Å². The number of ether oxygens (including phenoxy) is 1. The maximum atomic E-state index is 12.2. The number of morpholine rings is 1. The fraction of sp³-hybridized carbons (Fsp3) is 0.636. The summed E-state index contributed by atoms with van der Waals surface area (Å²) in [6, 6.07) is 0.231. The zero-order chi connectivity index (χ0) is 11.5. The van der Waals surface area contributed by atoms with E-state index in [0.717, 1.165) is 6.42 Å². The molecule has 2 amide bonds. The Balaban J connectivity index is 2.05. The average molecular weight is 223 g/mol. The highest BCUT2D eigenvalue weighted by Gasteiger charge is 2.42. The Bertz CT molecular complexity index is 315. The lowest BCUT2D eigenvalue weighted by molar-refractivity contribution is 0.0421.